The predicted octanol–water partition coefficient (Wildman–Crippen LogP) is 2.88. The van der Waals surface area contributed by atoms with Crippen molar-refractivity contribution >= 4 is 29.1 Å². The van der Waals surface area contributed by atoms with Crippen molar-refractivity contribution in [2.75, 3.05) is 18.6 Å². The minimum Gasteiger partial charge on any atom is -0.497 e. The molecule has 0 bridgehead atoms. The standard InChI is InChI=1S/C18H17ClN2O3/c1-24-16-4-2-3-12(9-16)18(23)20-14-10-17(22)21(11-14)15-7-5-13(19)6-8-15/h2-9,14H,10-11H2,1H3,(H,20,23)/t14-/m0/s1. The van der Waals surface area contributed by atoms with E-state index in [0.717, 1.165) is 5.69 Å². The maximum Gasteiger partial charge on any atom is 0.251 e. The van der Waals surface area contributed by atoms with Crippen molar-refractivity contribution in [3.63, 3.8) is 0 Å². The molecule has 6 heteroatoms. The average Bonchev–Trinajstić information content (AvgIpc) is 2.96. The zero-order chi connectivity index (χ0) is 17.1. The Labute approximate surface area is 145 Å². The van der Waals surface area contributed by atoms with Crippen LogP contribution in [0.25, 0.3) is 0 Å². The molecule has 1 atom stereocenters. The molecule has 1 aliphatic rings. The summed E-state index contributed by atoms with van der Waals surface area (Å²) in [5.41, 5.74) is 1.29. The molecule has 24 heavy (non-hydrogen) atoms. The molecule has 1 heterocycles. The molecule has 0 aliphatic carbocycles. The second-order valence-corrected chi connectivity index (χ2v) is 6.02. The van der Waals surface area contributed by atoms with E-state index in [9.17, 15) is 9.59 Å². The smallest absolute Gasteiger partial charge is 0.251 e. The number of hydrogen-bond acceptors (Lipinski definition) is 3. The third-order valence-corrected chi connectivity index (χ3v) is 4.18. The molecule has 3 rings (SSSR count). The van der Waals surface area contributed by atoms with E-state index in [1.165, 1.54) is 0 Å². The molecular formula is C18H17ClN2O3. The SMILES string of the molecule is COc1cccc(C(=O)N[C@H]2CC(=O)N(c3ccc(Cl)cc3)C2)c1. The van der Waals surface area contributed by atoms with Crippen molar-refractivity contribution in [3.8, 4) is 5.75 Å². The lowest BCUT2D eigenvalue weighted by atomic mass is 10.1. The highest BCUT2D eigenvalue weighted by atomic mass is 35.5. The van der Waals surface area contributed by atoms with Gasteiger partial charge >= 0.3 is 0 Å². The molecule has 0 spiro atoms. The van der Waals surface area contributed by atoms with E-state index in [0.29, 0.717) is 22.9 Å². The Balaban J connectivity index is 1.67. The number of hydrogen-bond donors (Lipinski definition) is 1. The average molecular weight is 345 g/mol. The molecule has 1 fully saturated rings. The third kappa shape index (κ3) is 3.51. The molecule has 5 nitrogen and oxygen atoms in total. The van der Waals surface area contributed by atoms with Gasteiger partial charge in [0, 0.05) is 29.2 Å². The first-order valence-corrected chi connectivity index (χ1v) is 7.95. The van der Waals surface area contributed by atoms with Crippen molar-refractivity contribution in [1.82, 2.24) is 5.32 Å². The Morgan fingerprint density at radius 1 is 1.25 bits per heavy atom. The van der Waals surface area contributed by atoms with Crippen LogP contribution in [0.1, 0.15) is 16.8 Å². The molecule has 2 amide bonds. The van der Waals surface area contributed by atoms with Gasteiger partial charge in [-0.15, -0.1) is 0 Å². The van der Waals surface area contributed by atoms with Crippen LogP contribution >= 0.6 is 11.6 Å². The molecule has 0 radical (unpaired) electrons. The molecule has 0 aromatic heterocycles. The summed E-state index contributed by atoms with van der Waals surface area (Å²) < 4.78 is 5.12. The van der Waals surface area contributed by atoms with E-state index in [-0.39, 0.29) is 24.3 Å². The zero-order valence-electron chi connectivity index (χ0n) is 13.2. The van der Waals surface area contributed by atoms with Crippen molar-refractivity contribution in [2.45, 2.75) is 12.5 Å². The van der Waals surface area contributed by atoms with Crippen molar-refractivity contribution in [2.24, 2.45) is 0 Å². The van der Waals surface area contributed by atoms with Crippen LogP contribution in [0.3, 0.4) is 0 Å². The number of methoxy groups -OCH3 is 1. The molecular weight excluding hydrogens is 328 g/mol. The molecule has 0 unspecified atom stereocenters. The van der Waals surface area contributed by atoms with E-state index in [1.54, 1.807) is 60.5 Å². The number of carbonyl (C=O) groups is 2. The molecule has 1 saturated heterocycles. The minimum absolute atomic E-state index is 0.0201. The van der Waals surface area contributed by atoms with Crippen molar-refractivity contribution in [3.05, 3.63) is 59.1 Å². The summed E-state index contributed by atoms with van der Waals surface area (Å²) in [6, 6.07) is 13.8. The number of carbonyl (C=O) groups excluding carboxylic acids is 2. The van der Waals surface area contributed by atoms with Crippen molar-refractivity contribution < 1.29 is 14.3 Å². The van der Waals surface area contributed by atoms with Crippen LogP contribution in [0.15, 0.2) is 48.5 Å². The van der Waals surface area contributed by atoms with Gasteiger partial charge in [0.1, 0.15) is 5.75 Å². The highest BCUT2D eigenvalue weighted by Crippen LogP contribution is 2.23. The van der Waals surface area contributed by atoms with Crippen molar-refractivity contribution in [1.29, 1.82) is 0 Å². The first kappa shape index (κ1) is 16.3. The number of ether oxygens (including phenoxy) is 1. The summed E-state index contributed by atoms with van der Waals surface area (Å²) >= 11 is 5.87. The fourth-order valence-electron chi connectivity index (χ4n) is 2.71. The number of nitrogens with one attached hydrogen (secondary N) is 1. The van der Waals surface area contributed by atoms with Gasteiger partial charge in [-0.1, -0.05) is 17.7 Å². The quantitative estimate of drug-likeness (QED) is 0.927. The first-order valence-electron chi connectivity index (χ1n) is 7.57. The summed E-state index contributed by atoms with van der Waals surface area (Å²) in [6.07, 6.45) is 0.276. The number of amides is 2. The Morgan fingerprint density at radius 3 is 2.71 bits per heavy atom. The van der Waals surface area contributed by atoms with Gasteiger partial charge in [-0.25, -0.2) is 0 Å². The largest absolute Gasteiger partial charge is 0.497 e. The number of anilines is 1. The Kier molecular flexibility index (Phi) is 4.71. The van der Waals surface area contributed by atoms with Crippen LogP contribution in [0.2, 0.25) is 5.02 Å². The number of halogens is 1. The molecule has 124 valence electrons. The maximum absolute atomic E-state index is 12.3. The lowest BCUT2D eigenvalue weighted by molar-refractivity contribution is -0.117. The summed E-state index contributed by atoms with van der Waals surface area (Å²) in [6.45, 7) is 0.441. The van der Waals surface area contributed by atoms with Gasteiger partial charge in [-0.05, 0) is 42.5 Å². The molecule has 2 aromatic rings. The number of nitrogens with zero attached hydrogens (tertiary/aromatic N) is 1. The summed E-state index contributed by atoms with van der Waals surface area (Å²) in [4.78, 5) is 26.2. The van der Waals surface area contributed by atoms with Gasteiger partial charge in [0.15, 0.2) is 0 Å². The van der Waals surface area contributed by atoms with Crippen LogP contribution in [0.4, 0.5) is 5.69 Å². The van der Waals surface area contributed by atoms with Gasteiger partial charge in [-0.2, -0.15) is 0 Å². The summed E-state index contributed by atoms with van der Waals surface area (Å²) in [5, 5.41) is 3.52. The van der Waals surface area contributed by atoms with E-state index in [1.807, 2.05) is 0 Å². The molecule has 0 saturated carbocycles. The molecule has 2 aromatic carbocycles. The lowest BCUT2D eigenvalue weighted by Gasteiger charge is -2.17. The maximum atomic E-state index is 12.3. The normalized spacial score (nSPS) is 17.0. The van der Waals surface area contributed by atoms with Gasteiger partial charge in [0.2, 0.25) is 5.91 Å². The predicted molar refractivity (Wildman–Crippen MR) is 92.7 cm³/mol. The van der Waals surface area contributed by atoms with Crippen LogP contribution < -0.4 is 15.0 Å². The van der Waals surface area contributed by atoms with Gasteiger partial charge in [-0.3, -0.25) is 9.59 Å². The van der Waals surface area contributed by atoms with E-state index in [2.05, 4.69) is 5.32 Å². The first-order chi connectivity index (χ1) is 11.6. The Hall–Kier alpha value is -2.53. The Bertz CT molecular complexity index is 761. The fourth-order valence-corrected chi connectivity index (χ4v) is 2.83. The highest BCUT2D eigenvalue weighted by molar-refractivity contribution is 6.30. The summed E-state index contributed by atoms with van der Waals surface area (Å²) in [7, 11) is 1.55. The topological polar surface area (TPSA) is 58.6 Å². The summed E-state index contributed by atoms with van der Waals surface area (Å²) in [5.74, 6) is 0.380. The molecule has 1 N–H and O–H groups in total. The monoisotopic (exact) mass is 344 g/mol. The van der Waals surface area contributed by atoms with Gasteiger partial charge in [0.25, 0.3) is 5.91 Å². The minimum atomic E-state index is -0.230. The number of rotatable bonds is 4. The second-order valence-electron chi connectivity index (χ2n) is 5.59. The third-order valence-electron chi connectivity index (χ3n) is 3.93. The Morgan fingerprint density at radius 2 is 2.00 bits per heavy atom. The second kappa shape index (κ2) is 6.93. The highest BCUT2D eigenvalue weighted by Gasteiger charge is 2.31. The van der Waals surface area contributed by atoms with E-state index < -0.39 is 0 Å². The van der Waals surface area contributed by atoms with Crippen LogP contribution in [0, 0.1) is 0 Å². The van der Waals surface area contributed by atoms with Crippen LogP contribution in [-0.4, -0.2) is 31.5 Å². The lowest BCUT2D eigenvalue weighted by Crippen LogP contribution is -2.37. The molecule has 1 aliphatic heterocycles. The fraction of sp³-hybridized carbons (Fsp3) is 0.222. The van der Waals surface area contributed by atoms with Crippen LogP contribution in [-0.2, 0) is 4.79 Å². The van der Waals surface area contributed by atoms with E-state index >= 15 is 0 Å². The number of benzene rings is 2. The zero-order valence-corrected chi connectivity index (χ0v) is 13.9. The van der Waals surface area contributed by atoms with Crippen LogP contribution in [0.5, 0.6) is 5.75 Å². The van der Waals surface area contributed by atoms with E-state index in [4.69, 9.17) is 16.3 Å². The van der Waals surface area contributed by atoms with Gasteiger partial charge in [0.05, 0.1) is 13.2 Å². The van der Waals surface area contributed by atoms with Gasteiger partial charge < -0.3 is 15.0 Å².